The highest BCUT2D eigenvalue weighted by Crippen LogP contribution is 2.19. The average molecular weight is 294 g/mol. The molecule has 0 amide bonds. The number of sulfonamides is 1. The van der Waals surface area contributed by atoms with Crippen LogP contribution >= 0.6 is 11.6 Å². The summed E-state index contributed by atoms with van der Waals surface area (Å²) in [5.41, 5.74) is 0. The summed E-state index contributed by atoms with van der Waals surface area (Å²) in [5.74, 6) is 0. The van der Waals surface area contributed by atoms with E-state index in [1.165, 1.54) is 10.9 Å². The number of nitrogens with zero attached hydrogens (tertiary/aromatic N) is 2. The number of hydrogen-bond donors (Lipinski definition) is 1. The molecule has 1 N–H and O–H groups in total. The van der Waals surface area contributed by atoms with Crippen molar-refractivity contribution in [2.75, 3.05) is 13.2 Å². The Labute approximate surface area is 111 Å². The summed E-state index contributed by atoms with van der Waals surface area (Å²) in [7, 11) is -2.03. The molecule has 0 bridgehead atoms. The zero-order valence-corrected chi connectivity index (χ0v) is 11.7. The topological polar surface area (TPSA) is 73.2 Å². The first kappa shape index (κ1) is 13.8. The van der Waals surface area contributed by atoms with Crippen LogP contribution in [0.25, 0.3) is 0 Å². The molecule has 6 nitrogen and oxygen atoms in total. The quantitative estimate of drug-likeness (QED) is 0.896. The highest BCUT2D eigenvalue weighted by atomic mass is 35.5. The van der Waals surface area contributed by atoms with Crippen molar-refractivity contribution in [2.45, 2.75) is 30.4 Å². The number of aryl methyl sites for hydroxylation is 1. The lowest BCUT2D eigenvalue weighted by Crippen LogP contribution is -2.35. The molecule has 1 aliphatic heterocycles. The molecule has 1 unspecified atom stereocenters. The molecule has 1 saturated heterocycles. The summed E-state index contributed by atoms with van der Waals surface area (Å²) >= 11 is 5.86. The highest BCUT2D eigenvalue weighted by molar-refractivity contribution is 7.89. The van der Waals surface area contributed by atoms with Crippen LogP contribution in [0.3, 0.4) is 0 Å². The summed E-state index contributed by atoms with van der Waals surface area (Å²) in [6.07, 6.45) is 4.29. The van der Waals surface area contributed by atoms with Gasteiger partial charge in [-0.25, -0.2) is 18.1 Å². The van der Waals surface area contributed by atoms with Gasteiger partial charge in [-0.1, -0.05) is 11.6 Å². The number of nitrogens with one attached hydrogen (secondary N) is 1. The van der Waals surface area contributed by atoms with Crippen LogP contribution in [0.4, 0.5) is 0 Å². The van der Waals surface area contributed by atoms with Crippen molar-refractivity contribution < 1.29 is 13.2 Å². The summed E-state index contributed by atoms with van der Waals surface area (Å²) in [4.78, 5) is 3.79. The molecular weight excluding hydrogens is 278 g/mol. The van der Waals surface area contributed by atoms with Crippen LogP contribution in [0.2, 0.25) is 5.15 Å². The van der Waals surface area contributed by atoms with Gasteiger partial charge in [0.15, 0.2) is 0 Å². The number of imidazole rings is 1. The molecule has 0 spiro atoms. The van der Waals surface area contributed by atoms with Crippen molar-refractivity contribution in [2.24, 2.45) is 7.05 Å². The van der Waals surface area contributed by atoms with Gasteiger partial charge in [0, 0.05) is 20.2 Å². The molecule has 0 saturated carbocycles. The minimum atomic E-state index is -3.66. The van der Waals surface area contributed by atoms with Gasteiger partial charge in [-0.2, -0.15) is 0 Å². The minimum absolute atomic E-state index is 0.0592. The number of rotatable bonds is 4. The molecule has 1 aromatic heterocycles. The highest BCUT2D eigenvalue weighted by Gasteiger charge is 2.24. The van der Waals surface area contributed by atoms with E-state index in [1.54, 1.807) is 7.05 Å². The second kappa shape index (κ2) is 5.56. The fourth-order valence-electron chi connectivity index (χ4n) is 1.81. The molecule has 0 aromatic carbocycles. The smallest absolute Gasteiger partial charge is 0.261 e. The minimum Gasteiger partial charge on any atom is -0.377 e. The summed E-state index contributed by atoms with van der Waals surface area (Å²) in [5, 5.41) is -0.0328. The van der Waals surface area contributed by atoms with Gasteiger partial charge in [-0.3, -0.25) is 0 Å². The van der Waals surface area contributed by atoms with Crippen LogP contribution in [0.1, 0.15) is 19.3 Å². The maximum atomic E-state index is 12.0. The van der Waals surface area contributed by atoms with Crippen molar-refractivity contribution in [3.05, 3.63) is 11.5 Å². The van der Waals surface area contributed by atoms with Gasteiger partial charge in [-0.05, 0) is 19.3 Å². The molecule has 8 heteroatoms. The number of ether oxygens (including phenoxy) is 1. The van der Waals surface area contributed by atoms with Gasteiger partial charge in [-0.15, -0.1) is 0 Å². The van der Waals surface area contributed by atoms with Crippen LogP contribution < -0.4 is 4.72 Å². The standard InChI is InChI=1S/C10H16ClN3O3S/c1-14-7-12-10(9(14)11)18(15,16)13-6-8-4-2-3-5-17-8/h7-8,13H,2-6H2,1H3. The number of halogens is 1. The van der Waals surface area contributed by atoms with Gasteiger partial charge in [0.2, 0.25) is 5.03 Å². The van der Waals surface area contributed by atoms with Crippen LogP contribution in [0.15, 0.2) is 11.4 Å². The molecule has 18 heavy (non-hydrogen) atoms. The monoisotopic (exact) mass is 293 g/mol. The Hall–Kier alpha value is -0.630. The Morgan fingerprint density at radius 2 is 2.39 bits per heavy atom. The van der Waals surface area contributed by atoms with E-state index < -0.39 is 10.0 Å². The van der Waals surface area contributed by atoms with E-state index in [2.05, 4.69) is 9.71 Å². The van der Waals surface area contributed by atoms with Gasteiger partial charge >= 0.3 is 0 Å². The maximum Gasteiger partial charge on any atom is 0.261 e. The Kier molecular flexibility index (Phi) is 4.26. The normalized spacial score (nSPS) is 21.1. The predicted octanol–water partition coefficient (Wildman–Crippen LogP) is 0.921. The molecule has 0 radical (unpaired) electrons. The number of hydrogen-bond acceptors (Lipinski definition) is 4. The molecule has 2 heterocycles. The Morgan fingerprint density at radius 3 is 2.94 bits per heavy atom. The van der Waals surface area contributed by atoms with Gasteiger partial charge in [0.05, 0.1) is 12.4 Å². The molecule has 1 fully saturated rings. The van der Waals surface area contributed by atoms with Gasteiger partial charge in [0.1, 0.15) is 5.15 Å². The van der Waals surface area contributed by atoms with Crippen molar-refractivity contribution in [1.82, 2.24) is 14.3 Å². The third-order valence-corrected chi connectivity index (χ3v) is 4.78. The fourth-order valence-corrected chi connectivity index (χ4v) is 3.30. The van der Waals surface area contributed by atoms with Crippen LogP contribution in [0.5, 0.6) is 0 Å². The third kappa shape index (κ3) is 3.03. The molecule has 2 rings (SSSR count). The fraction of sp³-hybridized carbons (Fsp3) is 0.700. The lowest BCUT2D eigenvalue weighted by molar-refractivity contribution is 0.0200. The first-order valence-electron chi connectivity index (χ1n) is 5.79. The van der Waals surface area contributed by atoms with E-state index in [1.807, 2.05) is 0 Å². The zero-order valence-electron chi connectivity index (χ0n) is 10.1. The Morgan fingerprint density at radius 1 is 1.61 bits per heavy atom. The van der Waals surface area contributed by atoms with Crippen LogP contribution in [-0.2, 0) is 21.8 Å². The Bertz CT molecular complexity index is 508. The van der Waals surface area contributed by atoms with Crippen molar-refractivity contribution >= 4 is 21.6 Å². The molecule has 102 valence electrons. The second-order valence-corrected chi connectivity index (χ2v) is 6.33. The SMILES string of the molecule is Cn1cnc(S(=O)(=O)NCC2CCCCO2)c1Cl. The largest absolute Gasteiger partial charge is 0.377 e. The first-order valence-corrected chi connectivity index (χ1v) is 7.65. The number of aromatic nitrogens is 2. The summed E-state index contributed by atoms with van der Waals surface area (Å²) < 4.78 is 33.4. The maximum absolute atomic E-state index is 12.0. The predicted molar refractivity (Wildman–Crippen MR) is 67.0 cm³/mol. The average Bonchev–Trinajstić information content (AvgIpc) is 2.70. The third-order valence-electron chi connectivity index (χ3n) is 2.86. The van der Waals surface area contributed by atoms with Crippen molar-refractivity contribution in [3.8, 4) is 0 Å². The first-order chi connectivity index (χ1) is 8.50. The molecule has 1 aromatic rings. The van der Waals surface area contributed by atoms with Gasteiger partial charge < -0.3 is 9.30 Å². The molecular formula is C10H16ClN3O3S. The van der Waals surface area contributed by atoms with E-state index >= 15 is 0 Å². The second-order valence-electron chi connectivity index (χ2n) is 4.29. The summed E-state index contributed by atoms with van der Waals surface area (Å²) in [6.45, 7) is 0.950. The van der Waals surface area contributed by atoms with Crippen LogP contribution in [-0.4, -0.2) is 37.2 Å². The van der Waals surface area contributed by atoms with E-state index in [0.29, 0.717) is 6.61 Å². The van der Waals surface area contributed by atoms with Gasteiger partial charge in [0.25, 0.3) is 10.0 Å². The van der Waals surface area contributed by atoms with Crippen LogP contribution in [0, 0.1) is 0 Å². The lowest BCUT2D eigenvalue weighted by atomic mass is 10.1. The van der Waals surface area contributed by atoms with E-state index in [-0.39, 0.29) is 22.8 Å². The van der Waals surface area contributed by atoms with Crippen molar-refractivity contribution in [3.63, 3.8) is 0 Å². The van der Waals surface area contributed by atoms with E-state index in [0.717, 1.165) is 19.3 Å². The summed E-state index contributed by atoms with van der Waals surface area (Å²) in [6, 6.07) is 0. The van der Waals surface area contributed by atoms with E-state index in [9.17, 15) is 8.42 Å². The van der Waals surface area contributed by atoms with E-state index in [4.69, 9.17) is 16.3 Å². The zero-order chi connectivity index (χ0) is 13.2. The molecule has 0 aliphatic carbocycles. The molecule has 1 aliphatic rings. The Balaban J connectivity index is 2.01. The van der Waals surface area contributed by atoms with Crippen molar-refractivity contribution in [1.29, 1.82) is 0 Å². The lowest BCUT2D eigenvalue weighted by Gasteiger charge is -2.22. The molecule has 1 atom stereocenters.